The summed E-state index contributed by atoms with van der Waals surface area (Å²) in [6.45, 7) is 1.38. The van der Waals surface area contributed by atoms with Crippen LogP contribution >= 0.6 is 12.4 Å². The first-order chi connectivity index (χ1) is 15.3. The van der Waals surface area contributed by atoms with Crippen molar-refractivity contribution in [3.05, 3.63) is 53.6 Å². The number of benzene rings is 2. The van der Waals surface area contributed by atoms with Gasteiger partial charge >= 0.3 is 0 Å². The van der Waals surface area contributed by atoms with Crippen LogP contribution in [0, 0.1) is 0 Å². The number of fused-ring (bicyclic) bond motifs is 1. The maximum atomic E-state index is 13.2. The molecule has 1 heterocycles. The number of nitrogens with zero attached hydrogens (tertiary/aromatic N) is 2. The lowest BCUT2D eigenvalue weighted by Gasteiger charge is -2.27. The fourth-order valence-corrected chi connectivity index (χ4v) is 3.96. The van der Waals surface area contributed by atoms with Crippen molar-refractivity contribution in [1.29, 1.82) is 0 Å². The summed E-state index contributed by atoms with van der Waals surface area (Å²) >= 11 is 0. The Balaban J connectivity index is 0.00000306. The van der Waals surface area contributed by atoms with Crippen LogP contribution in [-0.2, 0) is 9.59 Å². The molecule has 1 aliphatic carbocycles. The highest BCUT2D eigenvalue weighted by atomic mass is 35.5. The number of carbonyl (C=O) groups excluding carboxylic acids is 4. The number of imide groups is 1. The number of rotatable bonds is 7. The largest absolute Gasteiger partial charge is 0.492 e. The molecule has 2 aromatic rings. The molecule has 0 radical (unpaired) electrons. The van der Waals surface area contributed by atoms with Gasteiger partial charge in [0.15, 0.2) is 5.78 Å². The van der Waals surface area contributed by atoms with Crippen molar-refractivity contribution >= 4 is 47.2 Å². The molecule has 1 unspecified atom stereocenters. The lowest BCUT2D eigenvalue weighted by Crippen LogP contribution is -2.47. The van der Waals surface area contributed by atoms with E-state index in [1.807, 2.05) is 43.3 Å². The van der Waals surface area contributed by atoms with Gasteiger partial charge in [0.25, 0.3) is 11.8 Å². The Labute approximate surface area is 198 Å². The first-order valence-corrected chi connectivity index (χ1v) is 10.5. The van der Waals surface area contributed by atoms with Crippen LogP contribution in [0.15, 0.2) is 42.5 Å². The summed E-state index contributed by atoms with van der Waals surface area (Å²) in [6, 6.07) is 11.4. The van der Waals surface area contributed by atoms with Crippen LogP contribution in [0.2, 0.25) is 0 Å². The molecule has 1 aliphatic heterocycles. The molecule has 2 aromatic carbocycles. The molecule has 8 nitrogen and oxygen atoms in total. The fourth-order valence-electron chi connectivity index (χ4n) is 3.96. The van der Waals surface area contributed by atoms with Crippen molar-refractivity contribution in [2.45, 2.75) is 25.3 Å². The lowest BCUT2D eigenvalue weighted by molar-refractivity contribution is -0.132. The van der Waals surface area contributed by atoms with Crippen LogP contribution in [0.4, 0.5) is 11.4 Å². The van der Waals surface area contributed by atoms with Gasteiger partial charge in [0.05, 0.1) is 29.3 Å². The van der Waals surface area contributed by atoms with Gasteiger partial charge in [-0.25, -0.2) is 0 Å². The quantitative estimate of drug-likeness (QED) is 0.489. The van der Waals surface area contributed by atoms with E-state index in [1.165, 1.54) is 0 Å². The van der Waals surface area contributed by atoms with Crippen molar-refractivity contribution in [3.8, 4) is 5.75 Å². The van der Waals surface area contributed by atoms with Gasteiger partial charge in [0, 0.05) is 18.7 Å². The summed E-state index contributed by atoms with van der Waals surface area (Å²) in [5.41, 5.74) is 1.72. The van der Waals surface area contributed by atoms with Gasteiger partial charge in [-0.05, 0) is 56.9 Å². The monoisotopic (exact) mass is 471 g/mol. The molecular formula is C24H26ClN3O5. The third-order valence-corrected chi connectivity index (χ3v) is 5.64. The number of likely N-dealkylation sites (N-methyl/N-ethyl adjacent to an activating group) is 1. The number of ketones is 2. The summed E-state index contributed by atoms with van der Waals surface area (Å²) < 4.78 is 5.70. The van der Waals surface area contributed by atoms with Gasteiger partial charge < -0.3 is 15.0 Å². The summed E-state index contributed by atoms with van der Waals surface area (Å²) in [4.78, 5) is 53.1. The van der Waals surface area contributed by atoms with E-state index in [2.05, 4.69) is 5.32 Å². The Kier molecular flexibility index (Phi) is 7.50. The molecule has 0 aromatic heterocycles. The summed E-state index contributed by atoms with van der Waals surface area (Å²) in [5, 5.41) is 3.20. The second-order valence-electron chi connectivity index (χ2n) is 8.25. The third-order valence-electron chi connectivity index (χ3n) is 5.64. The molecule has 174 valence electrons. The highest BCUT2D eigenvalue weighted by Gasteiger charge is 2.45. The number of hydrogen-bond donors (Lipinski definition) is 1. The van der Waals surface area contributed by atoms with Crippen LogP contribution in [-0.4, -0.2) is 66.5 Å². The third kappa shape index (κ3) is 5.07. The zero-order chi connectivity index (χ0) is 22.8. The Morgan fingerprint density at radius 1 is 1.03 bits per heavy atom. The molecule has 1 N–H and O–H groups in total. The van der Waals surface area contributed by atoms with Crippen LogP contribution in [0.5, 0.6) is 5.75 Å². The number of ether oxygens (including phenoxy) is 1. The number of nitrogens with one attached hydrogen (secondary N) is 1. The molecule has 0 spiro atoms. The van der Waals surface area contributed by atoms with E-state index >= 15 is 0 Å². The minimum atomic E-state index is -0.883. The van der Waals surface area contributed by atoms with Gasteiger partial charge in [-0.2, -0.15) is 0 Å². The number of amides is 2. The normalized spacial score (nSPS) is 17.8. The van der Waals surface area contributed by atoms with Crippen LogP contribution in [0.25, 0.3) is 0 Å². The topological polar surface area (TPSA) is 96.0 Å². The first-order valence-electron chi connectivity index (χ1n) is 10.5. The molecule has 1 fully saturated rings. The highest BCUT2D eigenvalue weighted by molar-refractivity contribution is 6.25. The second-order valence-corrected chi connectivity index (χ2v) is 8.25. The van der Waals surface area contributed by atoms with Crippen molar-refractivity contribution in [2.75, 3.05) is 32.6 Å². The number of Topliss-reactive ketones (excluding diaryl/α,β-unsaturated/α-hetero) is 2. The lowest BCUT2D eigenvalue weighted by atomic mass is 9.92. The van der Waals surface area contributed by atoms with E-state index in [-0.39, 0.29) is 54.4 Å². The van der Waals surface area contributed by atoms with Crippen LogP contribution in [0.1, 0.15) is 40.0 Å². The van der Waals surface area contributed by atoms with E-state index in [4.69, 9.17) is 4.74 Å². The molecule has 1 saturated carbocycles. The van der Waals surface area contributed by atoms with Gasteiger partial charge in [-0.1, -0.05) is 6.07 Å². The van der Waals surface area contributed by atoms with Crippen molar-refractivity contribution < 1.29 is 23.9 Å². The van der Waals surface area contributed by atoms with Crippen molar-refractivity contribution in [3.63, 3.8) is 0 Å². The fraction of sp³-hybridized carbons (Fsp3) is 0.333. The number of halogens is 1. The van der Waals surface area contributed by atoms with Crippen molar-refractivity contribution in [2.24, 2.45) is 0 Å². The van der Waals surface area contributed by atoms with Gasteiger partial charge in [-0.3, -0.25) is 24.1 Å². The molecule has 9 heteroatoms. The molecular weight excluding hydrogens is 446 g/mol. The van der Waals surface area contributed by atoms with Gasteiger partial charge in [0.1, 0.15) is 18.1 Å². The molecule has 2 amide bonds. The average Bonchev–Trinajstić information content (AvgIpc) is 3.00. The predicted octanol–water partition coefficient (Wildman–Crippen LogP) is 3.08. The maximum absolute atomic E-state index is 13.2. The highest BCUT2D eigenvalue weighted by Crippen LogP contribution is 2.34. The summed E-state index contributed by atoms with van der Waals surface area (Å²) in [6.07, 6.45) is 0.144. The van der Waals surface area contributed by atoms with Gasteiger partial charge in [0.2, 0.25) is 0 Å². The van der Waals surface area contributed by atoms with E-state index in [0.29, 0.717) is 12.3 Å². The molecule has 2 aliphatic rings. The Bertz CT molecular complexity index is 1080. The SMILES string of the molecule is CN(C)CCOc1ccc(Nc2cccc3c2C(=O)N(C2CCC(=O)CC2=O)C3=O)cc1.Cl. The summed E-state index contributed by atoms with van der Waals surface area (Å²) in [7, 11) is 3.96. The second kappa shape index (κ2) is 10.1. The molecule has 0 bridgehead atoms. The van der Waals surface area contributed by atoms with Crippen LogP contribution in [0.3, 0.4) is 0 Å². The number of anilines is 2. The minimum absolute atomic E-state index is 0. The minimum Gasteiger partial charge on any atom is -0.492 e. The molecule has 0 saturated heterocycles. The Hall–Kier alpha value is -3.23. The van der Waals surface area contributed by atoms with Crippen LogP contribution < -0.4 is 10.1 Å². The first kappa shape index (κ1) is 24.4. The standard InChI is InChI=1S/C24H25N3O5.ClH/c1-26(2)12-13-32-17-9-6-15(7-10-17)25-19-5-3-4-18-22(19)24(31)27(23(18)30)20-11-8-16(28)14-21(20)29;/h3-7,9-10,20,25H,8,11-14H2,1-2H3;1H. The smallest absolute Gasteiger partial charge is 0.264 e. The number of carbonyl (C=O) groups is 4. The van der Waals surface area contributed by atoms with E-state index in [0.717, 1.165) is 22.9 Å². The predicted molar refractivity (Wildman–Crippen MR) is 126 cm³/mol. The van der Waals surface area contributed by atoms with Gasteiger partial charge in [-0.15, -0.1) is 12.4 Å². The molecule has 4 rings (SSSR count). The Morgan fingerprint density at radius 2 is 1.76 bits per heavy atom. The van der Waals surface area contributed by atoms with E-state index < -0.39 is 17.9 Å². The Morgan fingerprint density at radius 3 is 2.42 bits per heavy atom. The molecule has 33 heavy (non-hydrogen) atoms. The zero-order valence-corrected chi connectivity index (χ0v) is 19.3. The molecule has 1 atom stereocenters. The maximum Gasteiger partial charge on any atom is 0.264 e. The average molecular weight is 472 g/mol. The van der Waals surface area contributed by atoms with E-state index in [9.17, 15) is 19.2 Å². The van der Waals surface area contributed by atoms with E-state index in [1.54, 1.807) is 18.2 Å². The number of hydrogen-bond acceptors (Lipinski definition) is 7. The summed E-state index contributed by atoms with van der Waals surface area (Å²) in [5.74, 6) is -0.802. The zero-order valence-electron chi connectivity index (χ0n) is 18.5. The van der Waals surface area contributed by atoms with Crippen molar-refractivity contribution in [1.82, 2.24) is 9.80 Å².